The van der Waals surface area contributed by atoms with E-state index < -0.39 is 0 Å². The number of thiophene rings is 1. The quantitative estimate of drug-likeness (QED) is 0.173. The van der Waals surface area contributed by atoms with Gasteiger partial charge in [-0.1, -0.05) is 143 Å². The van der Waals surface area contributed by atoms with E-state index in [2.05, 4.69) is 196 Å². The maximum Gasteiger partial charge on any atom is 0.136 e. The highest BCUT2D eigenvalue weighted by molar-refractivity contribution is 7.22. The predicted molar refractivity (Wildman–Crippen MR) is 250 cm³/mol. The zero-order chi connectivity index (χ0) is 39.6. The van der Waals surface area contributed by atoms with Gasteiger partial charge >= 0.3 is 0 Å². The molecular weight excluding hydrogens is 735 g/mol. The Morgan fingerprint density at radius 1 is 0.424 bits per heavy atom. The molecule has 2 aliphatic rings. The molecule has 0 unspecified atom stereocenters. The lowest BCUT2D eigenvalue weighted by atomic mass is 9.80. The first-order chi connectivity index (χ1) is 28.8. The Kier molecular flexibility index (Phi) is 7.23. The Hall–Kier alpha value is -6.68. The number of hydrogen-bond acceptors (Lipinski definition) is 3. The normalized spacial score (nSPS) is 14.4. The third-order valence-electron chi connectivity index (χ3n) is 13.3. The van der Waals surface area contributed by atoms with Crippen molar-refractivity contribution >= 4 is 60.4 Å². The van der Waals surface area contributed by atoms with Crippen molar-refractivity contribution in [3.05, 3.63) is 198 Å². The van der Waals surface area contributed by atoms with Gasteiger partial charge in [0.05, 0.1) is 0 Å². The molecule has 2 nitrogen and oxygen atoms in total. The molecule has 0 fully saturated rings. The monoisotopic (exact) mass is 775 g/mol. The van der Waals surface area contributed by atoms with Gasteiger partial charge in [-0.3, -0.25) is 0 Å². The number of nitrogens with zero attached hydrogens (tertiary/aromatic N) is 1. The molecule has 2 heterocycles. The summed E-state index contributed by atoms with van der Waals surface area (Å²) in [6.07, 6.45) is 0. The minimum Gasteiger partial charge on any atom is -0.456 e. The molecular formula is C56H41NOS. The Balaban J connectivity index is 0.954. The second-order valence-corrected chi connectivity index (χ2v) is 18.3. The molecule has 0 bridgehead atoms. The van der Waals surface area contributed by atoms with Crippen molar-refractivity contribution in [2.24, 2.45) is 0 Å². The van der Waals surface area contributed by atoms with Gasteiger partial charge in [0, 0.05) is 48.2 Å². The summed E-state index contributed by atoms with van der Waals surface area (Å²) in [6.45, 7) is 9.49. The summed E-state index contributed by atoms with van der Waals surface area (Å²) in [6, 6.07) is 64.8. The fraction of sp³-hybridized carbons (Fsp3) is 0.107. The van der Waals surface area contributed by atoms with Gasteiger partial charge in [0.25, 0.3) is 0 Å². The van der Waals surface area contributed by atoms with Gasteiger partial charge in [-0.15, -0.1) is 11.3 Å². The standard InChI is InChI=1S/C56H41NOS/c1-55(2)46-16-8-5-12-41(46)42-31-29-39(33-48(42)55)57(38-27-22-35(23-28-38)40-15-11-18-50-52(40)44-13-6-9-17-49(44)58-50)37-25-20-34(21-26-37)36-24-30-43-47(32-36)56(3,4)53-45-14-7-10-19-51(45)59-54(43)53/h5-33H,1-4H3. The molecule has 0 atom stereocenters. The average Bonchev–Trinajstić information content (AvgIpc) is 3.97. The van der Waals surface area contributed by atoms with Crippen LogP contribution in [0.5, 0.6) is 0 Å². The van der Waals surface area contributed by atoms with E-state index in [4.69, 9.17) is 4.42 Å². The van der Waals surface area contributed by atoms with Crippen molar-refractivity contribution in [2.75, 3.05) is 4.90 Å². The lowest BCUT2D eigenvalue weighted by molar-refractivity contribution is 0.660. The van der Waals surface area contributed by atoms with E-state index in [1.54, 1.807) is 0 Å². The number of para-hydroxylation sites is 1. The number of rotatable bonds is 5. The fourth-order valence-corrected chi connectivity index (χ4v) is 11.7. The summed E-state index contributed by atoms with van der Waals surface area (Å²) >= 11 is 1.93. The highest BCUT2D eigenvalue weighted by Crippen LogP contribution is 2.56. The van der Waals surface area contributed by atoms with Crippen molar-refractivity contribution in [3.63, 3.8) is 0 Å². The first-order valence-corrected chi connectivity index (χ1v) is 21.4. The number of hydrogen-bond donors (Lipinski definition) is 0. The molecule has 0 radical (unpaired) electrons. The summed E-state index contributed by atoms with van der Waals surface area (Å²) in [5.74, 6) is 0. The Morgan fingerprint density at radius 2 is 1.02 bits per heavy atom. The highest BCUT2D eigenvalue weighted by Gasteiger charge is 2.39. The molecule has 12 rings (SSSR count). The van der Waals surface area contributed by atoms with E-state index >= 15 is 0 Å². The topological polar surface area (TPSA) is 16.4 Å². The molecule has 0 amide bonds. The van der Waals surface area contributed by atoms with Crippen LogP contribution in [-0.4, -0.2) is 0 Å². The van der Waals surface area contributed by atoms with Crippen molar-refractivity contribution in [2.45, 2.75) is 38.5 Å². The van der Waals surface area contributed by atoms with Gasteiger partial charge in [-0.05, 0) is 127 Å². The fourth-order valence-electron chi connectivity index (χ4n) is 10.3. The van der Waals surface area contributed by atoms with E-state index in [0.29, 0.717) is 0 Å². The summed E-state index contributed by atoms with van der Waals surface area (Å²) in [5, 5.41) is 3.68. The molecule has 0 aliphatic heterocycles. The Labute approximate surface area is 348 Å². The van der Waals surface area contributed by atoms with E-state index in [-0.39, 0.29) is 10.8 Å². The van der Waals surface area contributed by atoms with Crippen molar-refractivity contribution in [3.8, 4) is 43.8 Å². The molecule has 10 aromatic rings. The third kappa shape index (κ3) is 4.98. The van der Waals surface area contributed by atoms with Crippen molar-refractivity contribution in [1.82, 2.24) is 0 Å². The Morgan fingerprint density at radius 3 is 1.83 bits per heavy atom. The summed E-state index contributed by atoms with van der Waals surface area (Å²) in [4.78, 5) is 3.83. The molecule has 0 saturated carbocycles. The van der Waals surface area contributed by atoms with Gasteiger partial charge in [-0.2, -0.15) is 0 Å². The number of furan rings is 1. The largest absolute Gasteiger partial charge is 0.456 e. The van der Waals surface area contributed by atoms with E-state index in [1.165, 1.54) is 70.6 Å². The van der Waals surface area contributed by atoms with Crippen LogP contribution in [0, 0.1) is 0 Å². The van der Waals surface area contributed by atoms with Crippen LogP contribution in [0.25, 0.3) is 75.8 Å². The van der Waals surface area contributed by atoms with Gasteiger partial charge in [0.1, 0.15) is 11.2 Å². The zero-order valence-electron chi connectivity index (χ0n) is 33.5. The second-order valence-electron chi connectivity index (χ2n) is 17.3. The molecule has 3 heteroatoms. The highest BCUT2D eigenvalue weighted by atomic mass is 32.1. The van der Waals surface area contributed by atoms with E-state index in [1.807, 2.05) is 23.5 Å². The van der Waals surface area contributed by atoms with Gasteiger partial charge < -0.3 is 9.32 Å². The van der Waals surface area contributed by atoms with Crippen LogP contribution in [-0.2, 0) is 10.8 Å². The zero-order valence-corrected chi connectivity index (χ0v) is 34.3. The van der Waals surface area contributed by atoms with Crippen LogP contribution in [0.15, 0.2) is 180 Å². The number of benzene rings is 8. The second kappa shape index (κ2) is 12.4. The van der Waals surface area contributed by atoms with Crippen LogP contribution in [0.1, 0.15) is 49.9 Å². The first-order valence-electron chi connectivity index (χ1n) is 20.6. The third-order valence-corrected chi connectivity index (χ3v) is 14.5. The van der Waals surface area contributed by atoms with E-state index in [9.17, 15) is 0 Å². The maximum absolute atomic E-state index is 6.26. The predicted octanol–water partition coefficient (Wildman–Crippen LogP) is 16.2. The van der Waals surface area contributed by atoms with E-state index in [0.717, 1.165) is 44.6 Å². The van der Waals surface area contributed by atoms with Crippen LogP contribution < -0.4 is 4.90 Å². The number of anilines is 3. The molecule has 282 valence electrons. The smallest absolute Gasteiger partial charge is 0.136 e. The number of fused-ring (bicyclic) bond motifs is 11. The molecule has 0 saturated heterocycles. The van der Waals surface area contributed by atoms with Crippen LogP contribution >= 0.6 is 11.3 Å². The van der Waals surface area contributed by atoms with Gasteiger partial charge in [0.15, 0.2) is 0 Å². The first kappa shape index (κ1) is 34.4. The lowest BCUT2D eigenvalue weighted by Crippen LogP contribution is -2.16. The maximum atomic E-state index is 6.26. The van der Waals surface area contributed by atoms with Crippen LogP contribution in [0.3, 0.4) is 0 Å². The SMILES string of the molecule is CC1(C)c2ccccc2-c2ccc(N(c3ccc(-c4ccc5c(c4)C(C)(C)c4c-5sc5ccccc45)cc3)c3ccc(-c4cccc5oc6ccccc6c45)cc3)cc21. The summed E-state index contributed by atoms with van der Waals surface area (Å²) in [7, 11) is 0. The minimum atomic E-state index is -0.107. The van der Waals surface area contributed by atoms with Gasteiger partial charge in [0.2, 0.25) is 0 Å². The molecule has 2 aliphatic carbocycles. The summed E-state index contributed by atoms with van der Waals surface area (Å²) in [5.41, 5.74) is 19.5. The van der Waals surface area contributed by atoms with Crippen molar-refractivity contribution < 1.29 is 4.42 Å². The van der Waals surface area contributed by atoms with Gasteiger partial charge in [-0.25, -0.2) is 0 Å². The lowest BCUT2D eigenvalue weighted by Gasteiger charge is -2.28. The van der Waals surface area contributed by atoms with Crippen LogP contribution in [0.2, 0.25) is 0 Å². The molecule has 59 heavy (non-hydrogen) atoms. The minimum absolute atomic E-state index is 0.0690. The molecule has 8 aromatic carbocycles. The average molecular weight is 776 g/mol. The molecule has 2 aromatic heterocycles. The molecule has 0 spiro atoms. The summed E-state index contributed by atoms with van der Waals surface area (Å²) < 4.78 is 7.63. The Bertz CT molecular complexity index is 3320. The van der Waals surface area contributed by atoms with Crippen molar-refractivity contribution in [1.29, 1.82) is 0 Å². The molecule has 0 N–H and O–H groups in total. The van der Waals surface area contributed by atoms with Crippen LogP contribution in [0.4, 0.5) is 17.1 Å².